The molecule has 0 unspecified atom stereocenters. The molecule has 2 aromatic carbocycles. The minimum atomic E-state index is -3.48. The summed E-state index contributed by atoms with van der Waals surface area (Å²) in [6.45, 7) is 0.722. The van der Waals surface area contributed by atoms with Crippen LogP contribution in [0.2, 0.25) is 0 Å². The number of benzene rings is 2. The number of H-pyrrole nitrogens is 1. The average Bonchev–Trinajstić information content (AvgIpc) is 3.05. The molecule has 4 nitrogen and oxygen atoms in total. The lowest BCUT2D eigenvalue weighted by atomic mass is 10.00. The SMILES string of the molecule is O=S(=O)(c1ccccc1)N1CC=C(c2c[nH]c3ccc(F)cc23)CC1. The van der Waals surface area contributed by atoms with Gasteiger partial charge in [0.1, 0.15) is 5.82 Å². The first-order valence-corrected chi connectivity index (χ1v) is 9.51. The zero-order valence-corrected chi connectivity index (χ0v) is 14.3. The molecule has 6 heteroatoms. The third-order valence-electron chi connectivity index (χ3n) is 4.54. The van der Waals surface area contributed by atoms with E-state index >= 15 is 0 Å². The molecule has 0 saturated heterocycles. The van der Waals surface area contributed by atoms with Crippen molar-refractivity contribution in [3.05, 3.63) is 72.2 Å². The van der Waals surface area contributed by atoms with E-state index in [4.69, 9.17) is 0 Å². The second kappa shape index (κ2) is 6.13. The highest BCUT2D eigenvalue weighted by Gasteiger charge is 2.26. The molecule has 0 bridgehead atoms. The number of rotatable bonds is 3. The van der Waals surface area contributed by atoms with Crippen molar-refractivity contribution in [3.63, 3.8) is 0 Å². The molecule has 2 heterocycles. The fourth-order valence-corrected chi connectivity index (χ4v) is 4.62. The lowest BCUT2D eigenvalue weighted by molar-refractivity contribution is 0.441. The Morgan fingerprint density at radius 2 is 1.88 bits per heavy atom. The summed E-state index contributed by atoms with van der Waals surface area (Å²) in [5.74, 6) is -0.280. The van der Waals surface area contributed by atoms with E-state index in [-0.39, 0.29) is 5.82 Å². The Balaban J connectivity index is 1.63. The number of nitrogens with zero attached hydrogens (tertiary/aromatic N) is 1. The lowest BCUT2D eigenvalue weighted by Crippen LogP contribution is -2.34. The van der Waals surface area contributed by atoms with Crippen LogP contribution in [0.3, 0.4) is 0 Å². The van der Waals surface area contributed by atoms with E-state index in [9.17, 15) is 12.8 Å². The van der Waals surface area contributed by atoms with Crippen LogP contribution in [0.5, 0.6) is 0 Å². The number of sulfonamides is 1. The van der Waals surface area contributed by atoms with Gasteiger partial charge in [-0.15, -0.1) is 0 Å². The molecule has 25 heavy (non-hydrogen) atoms. The molecule has 1 N–H and O–H groups in total. The van der Waals surface area contributed by atoms with Gasteiger partial charge in [0.05, 0.1) is 4.90 Å². The number of hydrogen-bond acceptors (Lipinski definition) is 2. The molecule has 0 spiro atoms. The van der Waals surface area contributed by atoms with Crippen LogP contribution in [-0.4, -0.2) is 30.8 Å². The Hall–Kier alpha value is -2.44. The minimum Gasteiger partial charge on any atom is -0.361 e. The van der Waals surface area contributed by atoms with E-state index in [1.165, 1.54) is 16.4 Å². The molecular weight excluding hydrogens is 339 g/mol. The van der Waals surface area contributed by atoms with Crippen LogP contribution in [0, 0.1) is 5.82 Å². The number of fused-ring (bicyclic) bond motifs is 1. The van der Waals surface area contributed by atoms with Crippen LogP contribution in [0.15, 0.2) is 65.7 Å². The zero-order chi connectivity index (χ0) is 17.4. The Morgan fingerprint density at radius 1 is 1.08 bits per heavy atom. The van der Waals surface area contributed by atoms with Gasteiger partial charge < -0.3 is 4.98 Å². The van der Waals surface area contributed by atoms with Crippen molar-refractivity contribution < 1.29 is 12.8 Å². The van der Waals surface area contributed by atoms with E-state index in [2.05, 4.69) is 4.98 Å². The predicted molar refractivity (Wildman–Crippen MR) is 96.1 cm³/mol. The maximum absolute atomic E-state index is 13.5. The monoisotopic (exact) mass is 356 g/mol. The highest BCUT2D eigenvalue weighted by atomic mass is 32.2. The molecule has 0 radical (unpaired) electrons. The highest BCUT2D eigenvalue weighted by molar-refractivity contribution is 7.89. The minimum absolute atomic E-state index is 0.280. The number of aromatic amines is 1. The molecule has 1 aromatic heterocycles. The van der Waals surface area contributed by atoms with E-state index in [0.29, 0.717) is 24.4 Å². The Kier molecular flexibility index (Phi) is 3.94. The fraction of sp³-hybridized carbons (Fsp3) is 0.158. The summed E-state index contributed by atoms with van der Waals surface area (Å²) in [6, 6.07) is 13.1. The first-order valence-electron chi connectivity index (χ1n) is 8.07. The van der Waals surface area contributed by atoms with Gasteiger partial charge in [0.25, 0.3) is 0 Å². The van der Waals surface area contributed by atoms with Gasteiger partial charge in [-0.1, -0.05) is 24.3 Å². The normalized spacial score (nSPS) is 16.1. The summed E-state index contributed by atoms with van der Waals surface area (Å²) in [6.07, 6.45) is 4.37. The summed E-state index contributed by atoms with van der Waals surface area (Å²) in [5.41, 5.74) is 2.85. The topological polar surface area (TPSA) is 53.2 Å². The molecule has 1 aliphatic heterocycles. The smallest absolute Gasteiger partial charge is 0.243 e. The Morgan fingerprint density at radius 3 is 2.60 bits per heavy atom. The van der Waals surface area contributed by atoms with Gasteiger partial charge in [-0.3, -0.25) is 0 Å². The number of aromatic nitrogens is 1. The van der Waals surface area contributed by atoms with Crippen LogP contribution < -0.4 is 0 Å². The molecule has 3 aromatic rings. The summed E-state index contributed by atoms with van der Waals surface area (Å²) in [5, 5.41) is 0.825. The van der Waals surface area contributed by atoms with Crippen molar-refractivity contribution in [2.24, 2.45) is 0 Å². The second-order valence-electron chi connectivity index (χ2n) is 6.05. The van der Waals surface area contributed by atoms with Gasteiger partial charge in [0.2, 0.25) is 10.0 Å². The number of nitrogens with one attached hydrogen (secondary N) is 1. The van der Waals surface area contributed by atoms with Crippen molar-refractivity contribution in [1.29, 1.82) is 0 Å². The van der Waals surface area contributed by atoms with Crippen LogP contribution in [-0.2, 0) is 10.0 Å². The molecule has 0 aliphatic carbocycles. The molecule has 0 fully saturated rings. The molecule has 0 amide bonds. The van der Waals surface area contributed by atoms with Crippen LogP contribution in [0.4, 0.5) is 4.39 Å². The Labute approximate surface area is 145 Å². The van der Waals surface area contributed by atoms with Gasteiger partial charge in [0.15, 0.2) is 0 Å². The third kappa shape index (κ3) is 2.88. The van der Waals surface area contributed by atoms with Crippen LogP contribution in [0.1, 0.15) is 12.0 Å². The van der Waals surface area contributed by atoms with E-state index in [1.54, 1.807) is 36.4 Å². The predicted octanol–water partition coefficient (Wildman–Crippen LogP) is 3.79. The van der Waals surface area contributed by atoms with Crippen LogP contribution in [0.25, 0.3) is 16.5 Å². The third-order valence-corrected chi connectivity index (χ3v) is 6.42. The zero-order valence-electron chi connectivity index (χ0n) is 13.4. The number of halogens is 1. The average molecular weight is 356 g/mol. The quantitative estimate of drug-likeness (QED) is 0.776. The van der Waals surface area contributed by atoms with Gasteiger partial charge in [-0.2, -0.15) is 4.31 Å². The molecule has 0 atom stereocenters. The van der Waals surface area contributed by atoms with E-state index < -0.39 is 10.0 Å². The van der Waals surface area contributed by atoms with E-state index in [0.717, 1.165) is 22.0 Å². The van der Waals surface area contributed by atoms with Crippen LogP contribution >= 0.6 is 0 Å². The van der Waals surface area contributed by atoms with Crippen molar-refractivity contribution in [2.75, 3.05) is 13.1 Å². The van der Waals surface area contributed by atoms with Gasteiger partial charge >= 0.3 is 0 Å². The molecule has 4 rings (SSSR count). The van der Waals surface area contributed by atoms with Gasteiger partial charge in [0, 0.05) is 35.8 Å². The maximum atomic E-state index is 13.5. The van der Waals surface area contributed by atoms with Crippen molar-refractivity contribution in [3.8, 4) is 0 Å². The fourth-order valence-electron chi connectivity index (χ4n) is 3.21. The highest BCUT2D eigenvalue weighted by Crippen LogP contribution is 2.31. The maximum Gasteiger partial charge on any atom is 0.243 e. The van der Waals surface area contributed by atoms with Gasteiger partial charge in [-0.25, -0.2) is 12.8 Å². The standard InChI is InChI=1S/C19H17FN2O2S/c20-15-6-7-19-17(12-15)18(13-21-19)14-8-10-22(11-9-14)25(23,24)16-4-2-1-3-5-16/h1-8,12-13,21H,9-11H2. The summed E-state index contributed by atoms with van der Waals surface area (Å²) < 4.78 is 40.4. The molecule has 0 saturated carbocycles. The summed E-state index contributed by atoms with van der Waals surface area (Å²) in [4.78, 5) is 3.45. The molecule has 128 valence electrons. The summed E-state index contributed by atoms with van der Waals surface area (Å²) >= 11 is 0. The largest absolute Gasteiger partial charge is 0.361 e. The summed E-state index contributed by atoms with van der Waals surface area (Å²) in [7, 11) is -3.48. The first kappa shape index (κ1) is 16.1. The second-order valence-corrected chi connectivity index (χ2v) is 7.99. The molecular formula is C19H17FN2O2S. The van der Waals surface area contributed by atoms with Crippen molar-refractivity contribution in [1.82, 2.24) is 9.29 Å². The van der Waals surface area contributed by atoms with Crippen molar-refractivity contribution >= 4 is 26.5 Å². The van der Waals surface area contributed by atoms with Gasteiger partial charge in [-0.05, 0) is 42.3 Å². The first-order chi connectivity index (χ1) is 12.1. The van der Waals surface area contributed by atoms with E-state index in [1.807, 2.05) is 12.3 Å². The van der Waals surface area contributed by atoms with Crippen molar-refractivity contribution in [2.45, 2.75) is 11.3 Å². The lowest BCUT2D eigenvalue weighted by Gasteiger charge is -2.25. The molecule has 1 aliphatic rings. The number of hydrogen-bond donors (Lipinski definition) is 1. The Bertz CT molecular complexity index is 1060.